The van der Waals surface area contributed by atoms with E-state index in [1.807, 2.05) is 38.4 Å². The highest BCUT2D eigenvalue weighted by Crippen LogP contribution is 2.23. The van der Waals surface area contributed by atoms with Gasteiger partial charge in [0, 0.05) is 23.6 Å². The van der Waals surface area contributed by atoms with Gasteiger partial charge in [-0.25, -0.2) is 0 Å². The molecule has 1 atom stereocenters. The van der Waals surface area contributed by atoms with Gasteiger partial charge in [0.1, 0.15) is 6.04 Å². The molecular weight excluding hydrogens is 390 g/mol. The van der Waals surface area contributed by atoms with Crippen molar-refractivity contribution in [3.8, 4) is 0 Å². The van der Waals surface area contributed by atoms with Crippen LogP contribution in [-0.4, -0.2) is 49.8 Å². The smallest absolute Gasteiger partial charge is 0.261 e. The quantitative estimate of drug-likeness (QED) is 0.646. The Labute approximate surface area is 175 Å². The van der Waals surface area contributed by atoms with Gasteiger partial charge in [-0.1, -0.05) is 41.9 Å². The minimum Gasteiger partial charge on any atom is -0.350 e. The molecule has 0 aliphatic carbocycles. The maximum absolute atomic E-state index is 12.4. The lowest BCUT2D eigenvalue weighted by Gasteiger charge is -2.23. The first-order valence-electron chi connectivity index (χ1n) is 9.66. The van der Waals surface area contributed by atoms with Crippen molar-refractivity contribution < 1.29 is 19.3 Å². The zero-order valence-electron chi connectivity index (χ0n) is 16.6. The molecule has 0 radical (unpaired) electrons. The van der Waals surface area contributed by atoms with Crippen molar-refractivity contribution in [2.24, 2.45) is 0 Å². The molecule has 0 saturated heterocycles. The number of hydrogen-bond donors (Lipinski definition) is 2. The molecule has 152 valence electrons. The number of rotatable bonds is 8. The second-order valence-electron chi connectivity index (χ2n) is 7.37. The lowest BCUT2D eigenvalue weighted by atomic mass is 10.1. The average molecular weight is 415 g/mol. The molecule has 2 aromatic carbocycles. The van der Waals surface area contributed by atoms with Crippen LogP contribution < -0.4 is 10.2 Å². The fourth-order valence-corrected chi connectivity index (χ4v) is 3.79. The van der Waals surface area contributed by atoms with Gasteiger partial charge < -0.3 is 10.2 Å². The molecule has 1 aliphatic heterocycles. The zero-order chi connectivity index (χ0) is 21.0. The first-order chi connectivity index (χ1) is 13.9. The number of likely N-dealkylation sites (N-methyl/N-ethyl adjacent to an activating group) is 1. The van der Waals surface area contributed by atoms with Gasteiger partial charge in [0.05, 0.1) is 31.8 Å². The molecule has 3 amide bonds. The number of nitrogens with one attached hydrogen (secondary N) is 2. The van der Waals surface area contributed by atoms with Gasteiger partial charge >= 0.3 is 0 Å². The summed E-state index contributed by atoms with van der Waals surface area (Å²) < 4.78 is 0. The molecule has 7 heteroatoms. The van der Waals surface area contributed by atoms with Crippen molar-refractivity contribution in [3.05, 3.63) is 70.2 Å². The van der Waals surface area contributed by atoms with E-state index in [1.165, 1.54) is 4.90 Å². The highest BCUT2D eigenvalue weighted by atomic mass is 35.5. The Morgan fingerprint density at radius 2 is 1.62 bits per heavy atom. The Bertz CT molecular complexity index is 894. The van der Waals surface area contributed by atoms with Gasteiger partial charge in [-0.2, -0.15) is 0 Å². The fourth-order valence-electron chi connectivity index (χ4n) is 3.53. The minimum absolute atomic E-state index is 0.0314. The Hall–Kier alpha value is -2.70. The van der Waals surface area contributed by atoms with Crippen LogP contribution in [0.5, 0.6) is 0 Å². The van der Waals surface area contributed by atoms with Crippen molar-refractivity contribution >= 4 is 29.3 Å². The maximum Gasteiger partial charge on any atom is 0.261 e. The predicted molar refractivity (Wildman–Crippen MR) is 111 cm³/mol. The van der Waals surface area contributed by atoms with Crippen LogP contribution in [0.3, 0.4) is 0 Å². The van der Waals surface area contributed by atoms with Crippen molar-refractivity contribution in [1.82, 2.24) is 10.2 Å². The van der Waals surface area contributed by atoms with Crippen LogP contribution in [0.25, 0.3) is 0 Å². The van der Waals surface area contributed by atoms with E-state index < -0.39 is 0 Å². The van der Waals surface area contributed by atoms with Crippen LogP contribution in [0, 0.1) is 0 Å². The number of hydrogen-bond acceptors (Lipinski definition) is 3. The van der Waals surface area contributed by atoms with E-state index in [0.29, 0.717) is 29.1 Å². The second kappa shape index (κ2) is 9.20. The molecule has 6 nitrogen and oxygen atoms in total. The number of benzene rings is 2. The Morgan fingerprint density at radius 3 is 2.21 bits per heavy atom. The standard InChI is InChI=1S/C22H24ClN3O3/c1-25(2)19(17-10-5-6-11-18(17)23)14-24-20(27)12-7-13-26-21(28)15-8-3-4-9-16(15)22(26)29/h3-6,8-11,19H,7,12-14H2,1-2H3,(H,24,27)/p+1/t19-/m0/s1. The molecule has 0 spiro atoms. The molecule has 0 bridgehead atoms. The van der Waals surface area contributed by atoms with Crippen molar-refractivity contribution in [2.75, 3.05) is 27.2 Å². The van der Waals surface area contributed by atoms with E-state index in [4.69, 9.17) is 11.6 Å². The number of fused-ring (bicyclic) bond motifs is 1. The number of carbonyl (C=O) groups is 3. The molecular formula is C22H25ClN3O3+. The van der Waals surface area contributed by atoms with Crippen LogP contribution in [0.4, 0.5) is 0 Å². The number of halogens is 1. The van der Waals surface area contributed by atoms with E-state index in [9.17, 15) is 14.4 Å². The van der Waals surface area contributed by atoms with Gasteiger partial charge in [0.15, 0.2) is 0 Å². The molecule has 3 rings (SSSR count). The average Bonchev–Trinajstić information content (AvgIpc) is 2.94. The number of nitrogens with zero attached hydrogens (tertiary/aromatic N) is 1. The summed E-state index contributed by atoms with van der Waals surface area (Å²) in [6.45, 7) is 0.685. The van der Waals surface area contributed by atoms with E-state index in [-0.39, 0.29) is 36.7 Å². The SMILES string of the molecule is C[NH+](C)[C@@H](CNC(=O)CCCN1C(=O)c2ccccc2C1=O)c1ccccc1Cl. The van der Waals surface area contributed by atoms with Crippen LogP contribution in [-0.2, 0) is 4.79 Å². The fraction of sp³-hybridized carbons (Fsp3) is 0.318. The summed E-state index contributed by atoms with van der Waals surface area (Å²) in [6.07, 6.45) is 0.661. The third-order valence-electron chi connectivity index (χ3n) is 5.14. The summed E-state index contributed by atoms with van der Waals surface area (Å²) in [5.41, 5.74) is 1.84. The van der Waals surface area contributed by atoms with E-state index in [0.717, 1.165) is 10.5 Å². The summed E-state index contributed by atoms with van der Waals surface area (Å²) in [7, 11) is 4.03. The van der Waals surface area contributed by atoms with Gasteiger partial charge in [-0.05, 0) is 24.6 Å². The summed E-state index contributed by atoms with van der Waals surface area (Å²) in [4.78, 5) is 39.4. The first-order valence-corrected chi connectivity index (χ1v) is 10.0. The minimum atomic E-state index is -0.291. The third-order valence-corrected chi connectivity index (χ3v) is 5.49. The Kier molecular flexibility index (Phi) is 6.67. The number of amides is 3. The summed E-state index contributed by atoms with van der Waals surface area (Å²) in [6, 6.07) is 14.4. The number of imide groups is 1. The molecule has 0 unspecified atom stereocenters. The van der Waals surface area contributed by atoms with Crippen LogP contribution in [0.1, 0.15) is 45.2 Å². The van der Waals surface area contributed by atoms with E-state index in [1.54, 1.807) is 24.3 Å². The van der Waals surface area contributed by atoms with Gasteiger partial charge in [-0.3, -0.25) is 19.3 Å². The molecule has 1 heterocycles. The van der Waals surface area contributed by atoms with Crippen LogP contribution >= 0.6 is 11.6 Å². The number of carbonyl (C=O) groups excluding carboxylic acids is 3. The van der Waals surface area contributed by atoms with Crippen molar-refractivity contribution in [1.29, 1.82) is 0 Å². The van der Waals surface area contributed by atoms with Crippen molar-refractivity contribution in [2.45, 2.75) is 18.9 Å². The van der Waals surface area contributed by atoms with Crippen LogP contribution in [0.15, 0.2) is 48.5 Å². The lowest BCUT2D eigenvalue weighted by molar-refractivity contribution is -0.890. The van der Waals surface area contributed by atoms with E-state index in [2.05, 4.69) is 5.32 Å². The summed E-state index contributed by atoms with van der Waals surface area (Å²) in [5.74, 6) is -0.693. The van der Waals surface area contributed by atoms with Gasteiger partial charge in [0.2, 0.25) is 5.91 Å². The monoisotopic (exact) mass is 414 g/mol. The Morgan fingerprint density at radius 1 is 1.03 bits per heavy atom. The normalized spacial score (nSPS) is 14.3. The largest absolute Gasteiger partial charge is 0.350 e. The topological polar surface area (TPSA) is 70.9 Å². The molecule has 2 N–H and O–H groups in total. The molecule has 29 heavy (non-hydrogen) atoms. The molecule has 2 aromatic rings. The number of quaternary nitrogens is 1. The zero-order valence-corrected chi connectivity index (χ0v) is 17.3. The van der Waals surface area contributed by atoms with Gasteiger partial charge in [0.25, 0.3) is 11.8 Å². The van der Waals surface area contributed by atoms with Gasteiger partial charge in [-0.15, -0.1) is 0 Å². The second-order valence-corrected chi connectivity index (χ2v) is 7.77. The molecule has 0 saturated carbocycles. The summed E-state index contributed by atoms with van der Waals surface area (Å²) >= 11 is 6.30. The lowest BCUT2D eigenvalue weighted by Crippen LogP contribution is -3.07. The predicted octanol–water partition coefficient (Wildman–Crippen LogP) is 1.72. The first kappa shape index (κ1) is 21.0. The van der Waals surface area contributed by atoms with E-state index >= 15 is 0 Å². The molecule has 1 aliphatic rings. The van der Waals surface area contributed by atoms with Crippen LogP contribution in [0.2, 0.25) is 5.02 Å². The highest BCUT2D eigenvalue weighted by molar-refractivity contribution is 6.31. The van der Waals surface area contributed by atoms with Crippen molar-refractivity contribution in [3.63, 3.8) is 0 Å². The third kappa shape index (κ3) is 4.66. The molecule has 0 aromatic heterocycles. The highest BCUT2D eigenvalue weighted by Gasteiger charge is 2.34. The molecule has 0 fully saturated rings. The summed E-state index contributed by atoms with van der Waals surface area (Å²) in [5, 5.41) is 3.63. The maximum atomic E-state index is 12.4. The Balaban J connectivity index is 1.50.